The van der Waals surface area contributed by atoms with Gasteiger partial charge in [-0.1, -0.05) is 0 Å². The molecule has 98 valence electrons. The van der Waals surface area contributed by atoms with Crippen LogP contribution in [0.25, 0.3) is 0 Å². The molecule has 6 nitrogen and oxygen atoms in total. The summed E-state index contributed by atoms with van der Waals surface area (Å²) in [4.78, 5) is 21.7. The molecule has 0 atom stereocenters. The summed E-state index contributed by atoms with van der Waals surface area (Å²) in [7, 11) is 0. The van der Waals surface area contributed by atoms with Crippen LogP contribution >= 0.6 is 0 Å². The third kappa shape index (κ3) is 2.92. The standard InChI is InChI=1S/C13H11NO5/c14-12(15)8-1-3-9(4-2-8)19-7-11-10(13(16)17)5-6-18-11/h1-6H,7H2,(H2,14,15)(H,16,17). The molecule has 0 saturated heterocycles. The summed E-state index contributed by atoms with van der Waals surface area (Å²) >= 11 is 0. The van der Waals surface area contributed by atoms with E-state index in [0.717, 1.165) is 0 Å². The third-order valence-corrected chi connectivity index (χ3v) is 2.48. The van der Waals surface area contributed by atoms with Crippen LogP contribution in [0.4, 0.5) is 0 Å². The summed E-state index contributed by atoms with van der Waals surface area (Å²) in [6, 6.07) is 7.56. The number of aromatic carboxylic acids is 1. The first-order chi connectivity index (χ1) is 9.08. The second-order valence-corrected chi connectivity index (χ2v) is 3.74. The lowest BCUT2D eigenvalue weighted by atomic mass is 10.2. The molecule has 1 aromatic heterocycles. The highest BCUT2D eigenvalue weighted by atomic mass is 16.5. The number of benzene rings is 1. The van der Waals surface area contributed by atoms with E-state index in [2.05, 4.69) is 0 Å². The molecule has 0 saturated carbocycles. The molecule has 0 aliphatic heterocycles. The zero-order valence-corrected chi connectivity index (χ0v) is 9.83. The lowest BCUT2D eigenvalue weighted by molar-refractivity contribution is 0.0691. The molecule has 0 fully saturated rings. The van der Waals surface area contributed by atoms with Crippen molar-refractivity contribution in [2.75, 3.05) is 0 Å². The predicted molar refractivity (Wildman–Crippen MR) is 65.0 cm³/mol. The van der Waals surface area contributed by atoms with E-state index in [1.54, 1.807) is 12.1 Å². The van der Waals surface area contributed by atoms with E-state index >= 15 is 0 Å². The van der Waals surface area contributed by atoms with Gasteiger partial charge in [-0.2, -0.15) is 0 Å². The van der Waals surface area contributed by atoms with E-state index in [1.807, 2.05) is 0 Å². The minimum Gasteiger partial charge on any atom is -0.486 e. The fourth-order valence-electron chi connectivity index (χ4n) is 1.51. The molecular weight excluding hydrogens is 250 g/mol. The van der Waals surface area contributed by atoms with Gasteiger partial charge in [-0.3, -0.25) is 4.79 Å². The molecule has 0 spiro atoms. The molecule has 1 amide bonds. The molecule has 2 rings (SSSR count). The van der Waals surface area contributed by atoms with Crippen molar-refractivity contribution in [2.45, 2.75) is 6.61 Å². The van der Waals surface area contributed by atoms with Crippen LogP contribution in [-0.2, 0) is 6.61 Å². The number of primary amides is 1. The quantitative estimate of drug-likeness (QED) is 0.851. The van der Waals surface area contributed by atoms with Crippen LogP contribution in [0.15, 0.2) is 41.0 Å². The summed E-state index contributed by atoms with van der Waals surface area (Å²) < 4.78 is 10.4. The molecule has 1 aromatic carbocycles. The Bertz CT molecular complexity index is 600. The third-order valence-electron chi connectivity index (χ3n) is 2.48. The summed E-state index contributed by atoms with van der Waals surface area (Å²) in [5, 5.41) is 8.88. The van der Waals surface area contributed by atoms with Crippen molar-refractivity contribution in [1.29, 1.82) is 0 Å². The largest absolute Gasteiger partial charge is 0.486 e. The van der Waals surface area contributed by atoms with Crippen molar-refractivity contribution in [3.63, 3.8) is 0 Å². The van der Waals surface area contributed by atoms with Gasteiger partial charge in [0.15, 0.2) is 5.76 Å². The highest BCUT2D eigenvalue weighted by Crippen LogP contribution is 2.16. The van der Waals surface area contributed by atoms with Gasteiger partial charge in [0.1, 0.15) is 17.9 Å². The number of carbonyl (C=O) groups is 2. The average molecular weight is 261 g/mol. The lowest BCUT2D eigenvalue weighted by Gasteiger charge is -2.05. The SMILES string of the molecule is NC(=O)c1ccc(OCc2occc2C(=O)O)cc1. The summed E-state index contributed by atoms with van der Waals surface area (Å²) in [6.45, 7) is -0.00937. The highest BCUT2D eigenvalue weighted by molar-refractivity contribution is 5.92. The molecule has 0 aliphatic rings. The number of amides is 1. The molecule has 3 N–H and O–H groups in total. The topological polar surface area (TPSA) is 103 Å². The molecular formula is C13H11NO5. The van der Waals surface area contributed by atoms with Crippen LogP contribution in [-0.4, -0.2) is 17.0 Å². The number of furan rings is 1. The van der Waals surface area contributed by atoms with E-state index < -0.39 is 11.9 Å². The van der Waals surface area contributed by atoms with Gasteiger partial charge in [-0.05, 0) is 30.3 Å². The normalized spacial score (nSPS) is 10.1. The Labute approximate surface area is 108 Å². The zero-order chi connectivity index (χ0) is 13.8. The van der Waals surface area contributed by atoms with Gasteiger partial charge in [0, 0.05) is 5.56 Å². The van der Waals surface area contributed by atoms with Crippen molar-refractivity contribution < 1.29 is 23.8 Å². The Kier molecular flexibility index (Phi) is 3.51. The molecule has 2 aromatic rings. The molecule has 1 heterocycles. The van der Waals surface area contributed by atoms with Crippen LogP contribution in [0.3, 0.4) is 0 Å². The molecule has 6 heteroatoms. The maximum atomic E-state index is 10.9. The van der Waals surface area contributed by atoms with Crippen LogP contribution < -0.4 is 10.5 Å². The molecule has 0 radical (unpaired) electrons. The summed E-state index contributed by atoms with van der Waals surface area (Å²) in [6.07, 6.45) is 1.29. The van der Waals surface area contributed by atoms with Gasteiger partial charge in [0.05, 0.1) is 6.26 Å². The van der Waals surface area contributed by atoms with Crippen LogP contribution in [0.5, 0.6) is 5.75 Å². The van der Waals surface area contributed by atoms with E-state index in [0.29, 0.717) is 11.3 Å². The number of hydrogen-bond acceptors (Lipinski definition) is 4. The number of nitrogens with two attached hydrogens (primary N) is 1. The number of carboxylic acid groups (broad SMARTS) is 1. The van der Waals surface area contributed by atoms with Gasteiger partial charge in [0.25, 0.3) is 0 Å². The Morgan fingerprint density at radius 2 is 1.89 bits per heavy atom. The van der Waals surface area contributed by atoms with Crippen molar-refractivity contribution in [3.8, 4) is 5.75 Å². The second kappa shape index (κ2) is 5.26. The van der Waals surface area contributed by atoms with Gasteiger partial charge in [-0.25, -0.2) is 4.79 Å². The first-order valence-electron chi connectivity index (χ1n) is 5.40. The molecule has 0 bridgehead atoms. The smallest absolute Gasteiger partial charge is 0.339 e. The number of carboxylic acids is 1. The van der Waals surface area contributed by atoms with Crippen molar-refractivity contribution in [2.24, 2.45) is 5.73 Å². The zero-order valence-electron chi connectivity index (χ0n) is 9.83. The van der Waals surface area contributed by atoms with E-state index in [4.69, 9.17) is 20.0 Å². The van der Waals surface area contributed by atoms with E-state index in [-0.39, 0.29) is 17.9 Å². The van der Waals surface area contributed by atoms with Crippen molar-refractivity contribution in [3.05, 3.63) is 53.5 Å². The second-order valence-electron chi connectivity index (χ2n) is 3.74. The fraction of sp³-hybridized carbons (Fsp3) is 0.0769. The Hall–Kier alpha value is -2.76. The fourth-order valence-corrected chi connectivity index (χ4v) is 1.51. The van der Waals surface area contributed by atoms with Crippen LogP contribution in [0.2, 0.25) is 0 Å². The Balaban J connectivity index is 2.04. The monoisotopic (exact) mass is 261 g/mol. The van der Waals surface area contributed by atoms with Crippen molar-refractivity contribution >= 4 is 11.9 Å². The minimum atomic E-state index is -1.07. The van der Waals surface area contributed by atoms with E-state index in [1.165, 1.54) is 24.5 Å². The molecule has 0 aliphatic carbocycles. The minimum absolute atomic E-state index is 0.00937. The average Bonchev–Trinajstić information content (AvgIpc) is 2.85. The maximum Gasteiger partial charge on any atom is 0.339 e. The van der Waals surface area contributed by atoms with E-state index in [9.17, 15) is 9.59 Å². The van der Waals surface area contributed by atoms with Crippen LogP contribution in [0, 0.1) is 0 Å². The van der Waals surface area contributed by atoms with Gasteiger partial charge < -0.3 is 20.0 Å². The first-order valence-corrected chi connectivity index (χ1v) is 5.40. The van der Waals surface area contributed by atoms with Gasteiger partial charge in [0.2, 0.25) is 5.91 Å². The van der Waals surface area contributed by atoms with Crippen molar-refractivity contribution in [1.82, 2.24) is 0 Å². The number of carbonyl (C=O) groups excluding carboxylic acids is 1. The Morgan fingerprint density at radius 3 is 2.47 bits per heavy atom. The molecule has 19 heavy (non-hydrogen) atoms. The molecule has 0 unspecified atom stereocenters. The lowest BCUT2D eigenvalue weighted by Crippen LogP contribution is -2.10. The van der Waals surface area contributed by atoms with Gasteiger partial charge >= 0.3 is 5.97 Å². The predicted octanol–water partition coefficient (Wildman–Crippen LogP) is 1.66. The first kappa shape index (κ1) is 12.7. The number of hydrogen-bond donors (Lipinski definition) is 2. The highest BCUT2D eigenvalue weighted by Gasteiger charge is 2.13. The maximum absolute atomic E-state index is 10.9. The number of ether oxygens (including phenoxy) is 1. The Morgan fingerprint density at radius 1 is 1.21 bits per heavy atom. The van der Waals surface area contributed by atoms with Crippen LogP contribution in [0.1, 0.15) is 26.5 Å². The number of rotatable bonds is 5. The summed E-state index contributed by atoms with van der Waals surface area (Å²) in [5.74, 6) is -0.883. The summed E-state index contributed by atoms with van der Waals surface area (Å²) in [5.41, 5.74) is 5.54. The van der Waals surface area contributed by atoms with Gasteiger partial charge in [-0.15, -0.1) is 0 Å².